The van der Waals surface area contributed by atoms with Crippen molar-refractivity contribution in [3.63, 3.8) is 0 Å². The van der Waals surface area contributed by atoms with E-state index in [1.165, 1.54) is 0 Å². The number of hydrogen-bond donors (Lipinski definition) is 1. The van der Waals surface area contributed by atoms with Crippen molar-refractivity contribution in [2.24, 2.45) is 11.3 Å². The fourth-order valence-electron chi connectivity index (χ4n) is 5.70. The van der Waals surface area contributed by atoms with Gasteiger partial charge in [-0.05, 0) is 45.6 Å². The first kappa shape index (κ1) is 21.1. The van der Waals surface area contributed by atoms with Crippen molar-refractivity contribution >= 4 is 18.1 Å². The molecule has 0 bridgehead atoms. The Morgan fingerprint density at radius 2 is 1.81 bits per heavy atom. The summed E-state index contributed by atoms with van der Waals surface area (Å²) in [7, 11) is 0. The van der Waals surface area contributed by atoms with Gasteiger partial charge in [0.2, 0.25) is 5.91 Å². The number of ether oxygens (including phenoxy) is 2. The Morgan fingerprint density at radius 1 is 1.09 bits per heavy atom. The van der Waals surface area contributed by atoms with Crippen LogP contribution in [0, 0.1) is 11.3 Å². The molecular formula is C24H31N3O5. The lowest BCUT2D eigenvalue weighted by atomic mass is 9.40. The molecule has 2 heterocycles. The second-order valence-corrected chi connectivity index (χ2v) is 10.5. The highest BCUT2D eigenvalue weighted by molar-refractivity contribution is 5.83. The molecule has 1 aromatic rings. The lowest BCUT2D eigenvalue weighted by molar-refractivity contribution is -0.266. The van der Waals surface area contributed by atoms with E-state index < -0.39 is 5.60 Å². The molecule has 2 saturated heterocycles. The molecule has 2 aliphatic carbocycles. The predicted molar refractivity (Wildman–Crippen MR) is 116 cm³/mol. The second-order valence-electron chi connectivity index (χ2n) is 10.5. The molecule has 1 spiro atoms. The van der Waals surface area contributed by atoms with Crippen molar-refractivity contribution in [1.82, 2.24) is 15.1 Å². The van der Waals surface area contributed by atoms with Crippen molar-refractivity contribution in [3.8, 4) is 0 Å². The standard InChI is InChI=1S/C24H31N3O5/c1-23(2,3)32-22(30)27-18-9-10-24(18)17(11-19(24)27)25-20(28)16-12-26(13-16)21(29)31-14-15-7-5-4-6-8-15/h4-8,16-19H,9-14H2,1-3H3,(H,25,28). The third kappa shape index (κ3) is 3.31. The van der Waals surface area contributed by atoms with Crippen LogP contribution in [0.2, 0.25) is 0 Å². The van der Waals surface area contributed by atoms with E-state index in [1.54, 1.807) is 4.90 Å². The van der Waals surface area contributed by atoms with Gasteiger partial charge in [0.15, 0.2) is 0 Å². The normalized spacial score (nSPS) is 30.4. The molecule has 32 heavy (non-hydrogen) atoms. The predicted octanol–water partition coefficient (Wildman–Crippen LogP) is 2.91. The molecule has 4 aliphatic rings. The van der Waals surface area contributed by atoms with E-state index in [2.05, 4.69) is 5.32 Å². The van der Waals surface area contributed by atoms with Crippen molar-refractivity contribution in [2.75, 3.05) is 13.1 Å². The van der Waals surface area contributed by atoms with Gasteiger partial charge in [0, 0.05) is 36.6 Å². The zero-order valence-corrected chi connectivity index (χ0v) is 18.9. The first-order chi connectivity index (χ1) is 15.2. The highest BCUT2D eigenvalue weighted by Crippen LogP contribution is 2.68. The molecular weight excluding hydrogens is 410 g/mol. The number of rotatable bonds is 4. The van der Waals surface area contributed by atoms with Crippen molar-refractivity contribution in [3.05, 3.63) is 35.9 Å². The van der Waals surface area contributed by atoms with Gasteiger partial charge in [0.1, 0.15) is 12.2 Å². The fraction of sp³-hybridized carbons (Fsp3) is 0.625. The summed E-state index contributed by atoms with van der Waals surface area (Å²) in [6.07, 6.45) is 2.15. The molecule has 3 amide bonds. The van der Waals surface area contributed by atoms with Crippen molar-refractivity contribution in [2.45, 2.75) is 70.4 Å². The summed E-state index contributed by atoms with van der Waals surface area (Å²) in [6.45, 7) is 6.63. The zero-order chi connectivity index (χ0) is 22.7. The zero-order valence-electron chi connectivity index (χ0n) is 18.9. The molecule has 8 heteroatoms. The molecule has 4 atom stereocenters. The van der Waals surface area contributed by atoms with E-state index in [0.717, 1.165) is 24.8 Å². The molecule has 0 radical (unpaired) electrons. The van der Waals surface area contributed by atoms with Crippen LogP contribution in [0.3, 0.4) is 0 Å². The van der Waals surface area contributed by atoms with E-state index in [4.69, 9.17) is 9.47 Å². The van der Waals surface area contributed by atoms with Crippen LogP contribution in [0.15, 0.2) is 30.3 Å². The maximum absolute atomic E-state index is 12.7. The van der Waals surface area contributed by atoms with Crippen LogP contribution < -0.4 is 5.32 Å². The minimum atomic E-state index is -0.505. The number of hydrogen-bond acceptors (Lipinski definition) is 5. The molecule has 0 aromatic heterocycles. The van der Waals surface area contributed by atoms with Gasteiger partial charge in [-0.25, -0.2) is 9.59 Å². The number of likely N-dealkylation sites (tertiary alicyclic amines) is 2. The Hall–Kier alpha value is -2.77. The van der Waals surface area contributed by atoms with Gasteiger partial charge in [-0.2, -0.15) is 0 Å². The van der Waals surface area contributed by atoms with Crippen LogP contribution in [0.4, 0.5) is 9.59 Å². The van der Waals surface area contributed by atoms with Gasteiger partial charge in [-0.1, -0.05) is 30.3 Å². The molecule has 2 aliphatic heterocycles. The van der Waals surface area contributed by atoms with Crippen molar-refractivity contribution in [1.29, 1.82) is 0 Å². The summed E-state index contributed by atoms with van der Waals surface area (Å²) >= 11 is 0. The minimum absolute atomic E-state index is 0.00342. The number of carbonyl (C=O) groups is 3. The Labute approximate surface area is 188 Å². The van der Waals surface area contributed by atoms with Crippen molar-refractivity contribution < 1.29 is 23.9 Å². The minimum Gasteiger partial charge on any atom is -0.445 e. The second kappa shape index (κ2) is 7.39. The number of nitrogens with zero attached hydrogens (tertiary/aromatic N) is 2. The first-order valence-corrected chi connectivity index (χ1v) is 11.5. The van der Waals surface area contributed by atoms with Gasteiger partial charge in [0.25, 0.3) is 0 Å². The van der Waals surface area contributed by atoms with E-state index in [0.29, 0.717) is 13.1 Å². The number of nitrogens with one attached hydrogen (secondary N) is 1. The Morgan fingerprint density at radius 3 is 2.41 bits per heavy atom. The summed E-state index contributed by atoms with van der Waals surface area (Å²) in [5.74, 6) is -0.202. The molecule has 1 N–H and O–H groups in total. The molecule has 1 aromatic carbocycles. The summed E-state index contributed by atoms with van der Waals surface area (Å²) < 4.78 is 10.9. The quantitative estimate of drug-likeness (QED) is 0.776. The molecule has 2 saturated carbocycles. The maximum atomic E-state index is 12.7. The van der Waals surface area contributed by atoms with Crippen LogP contribution in [0.5, 0.6) is 0 Å². The number of benzene rings is 1. The Bertz CT molecular complexity index is 915. The molecule has 5 rings (SSSR count). The van der Waals surface area contributed by atoms with E-state index in [-0.39, 0.29) is 54.2 Å². The highest BCUT2D eigenvalue weighted by Gasteiger charge is 2.77. The van der Waals surface area contributed by atoms with Crippen LogP contribution in [0.25, 0.3) is 0 Å². The topological polar surface area (TPSA) is 88.2 Å². The fourth-order valence-corrected chi connectivity index (χ4v) is 5.70. The van der Waals surface area contributed by atoms with Gasteiger partial charge in [-0.3, -0.25) is 4.79 Å². The lowest BCUT2D eigenvalue weighted by Gasteiger charge is -2.78. The van der Waals surface area contributed by atoms with E-state index in [9.17, 15) is 14.4 Å². The van der Waals surface area contributed by atoms with Crippen LogP contribution in [-0.4, -0.2) is 64.7 Å². The summed E-state index contributed by atoms with van der Waals surface area (Å²) in [5.41, 5.74) is 0.463. The SMILES string of the molecule is CC(C)(C)OC(=O)N1C2CCC23C(NC(=O)C2CN(C(=O)OCc4ccccc4)C2)CC13. The lowest BCUT2D eigenvalue weighted by Crippen LogP contribution is -2.90. The van der Waals surface area contributed by atoms with Crippen LogP contribution in [0.1, 0.15) is 45.6 Å². The maximum Gasteiger partial charge on any atom is 0.410 e. The average molecular weight is 442 g/mol. The molecule has 8 nitrogen and oxygen atoms in total. The summed E-state index contributed by atoms with van der Waals surface area (Å²) in [6, 6.07) is 9.99. The third-order valence-electron chi connectivity index (χ3n) is 7.51. The molecule has 4 unspecified atom stereocenters. The molecule has 4 fully saturated rings. The number of carbonyl (C=O) groups excluding carboxylic acids is 3. The monoisotopic (exact) mass is 441 g/mol. The first-order valence-electron chi connectivity index (χ1n) is 11.5. The van der Waals surface area contributed by atoms with E-state index >= 15 is 0 Å². The Kier molecular flexibility index (Phi) is 4.87. The van der Waals surface area contributed by atoms with Gasteiger partial charge < -0.3 is 24.6 Å². The van der Waals surface area contributed by atoms with E-state index in [1.807, 2.05) is 56.0 Å². The Balaban J connectivity index is 1.07. The van der Waals surface area contributed by atoms with Crippen LogP contribution >= 0.6 is 0 Å². The average Bonchev–Trinajstić information content (AvgIpc) is 2.65. The number of piperidine rings is 2. The van der Waals surface area contributed by atoms with Gasteiger partial charge in [0.05, 0.1) is 5.92 Å². The smallest absolute Gasteiger partial charge is 0.410 e. The van der Waals surface area contributed by atoms with Gasteiger partial charge >= 0.3 is 12.2 Å². The highest BCUT2D eigenvalue weighted by atomic mass is 16.6. The summed E-state index contributed by atoms with van der Waals surface area (Å²) in [4.78, 5) is 40.9. The third-order valence-corrected chi connectivity index (χ3v) is 7.51. The molecule has 172 valence electrons. The summed E-state index contributed by atoms with van der Waals surface area (Å²) in [5, 5.41) is 3.20. The van der Waals surface area contributed by atoms with Crippen LogP contribution in [-0.2, 0) is 20.9 Å². The largest absolute Gasteiger partial charge is 0.445 e. The van der Waals surface area contributed by atoms with Gasteiger partial charge in [-0.15, -0.1) is 0 Å². The number of amides is 3.